The first-order valence-corrected chi connectivity index (χ1v) is 9.71. The fourth-order valence-corrected chi connectivity index (χ4v) is 3.87. The molecule has 0 aliphatic carbocycles. The average Bonchev–Trinajstić information content (AvgIpc) is 3.09. The van der Waals surface area contributed by atoms with Crippen molar-refractivity contribution in [3.05, 3.63) is 81.3 Å². The van der Waals surface area contributed by atoms with Crippen LogP contribution < -0.4 is 16.2 Å². The minimum absolute atomic E-state index is 0.129. The monoisotopic (exact) mass is 408 g/mol. The zero-order valence-corrected chi connectivity index (χ0v) is 16.5. The summed E-state index contributed by atoms with van der Waals surface area (Å²) in [6.07, 6.45) is 0. The van der Waals surface area contributed by atoms with Crippen LogP contribution in [-0.2, 0) is 0 Å². The number of fused-ring (bicyclic) bond motifs is 1. The van der Waals surface area contributed by atoms with Crippen molar-refractivity contribution in [2.24, 2.45) is 0 Å². The molecule has 0 saturated carbocycles. The minimum Gasteiger partial charge on any atom is -0.308 e. The van der Waals surface area contributed by atoms with Crippen molar-refractivity contribution in [1.82, 2.24) is 9.38 Å². The van der Waals surface area contributed by atoms with Gasteiger partial charge in [0.15, 0.2) is 4.96 Å². The van der Waals surface area contributed by atoms with Crippen LogP contribution in [0.5, 0.6) is 0 Å². The van der Waals surface area contributed by atoms with Crippen LogP contribution in [0.4, 0.5) is 20.6 Å². The van der Waals surface area contributed by atoms with E-state index in [1.807, 2.05) is 17.5 Å². The Morgan fingerprint density at radius 3 is 2.45 bits per heavy atom. The van der Waals surface area contributed by atoms with Gasteiger partial charge in [-0.05, 0) is 49.2 Å². The number of thiazole rings is 1. The Labute approximate surface area is 169 Å². The highest BCUT2D eigenvalue weighted by molar-refractivity contribution is 7.15. The largest absolute Gasteiger partial charge is 0.323 e. The van der Waals surface area contributed by atoms with Gasteiger partial charge in [0.05, 0.1) is 5.69 Å². The molecular formula is C21H17FN4O2S. The Morgan fingerprint density at radius 2 is 1.72 bits per heavy atom. The summed E-state index contributed by atoms with van der Waals surface area (Å²) in [5.74, 6) is -0.380. The maximum Gasteiger partial charge on any atom is 0.323 e. The molecule has 6 nitrogen and oxygen atoms in total. The first-order chi connectivity index (χ1) is 13.9. The molecule has 2 N–H and O–H groups in total. The molecule has 0 fully saturated rings. The Hall–Kier alpha value is -3.52. The number of carbonyl (C=O) groups is 1. The number of nitrogens with one attached hydrogen (secondary N) is 2. The maximum absolute atomic E-state index is 13.6. The molecule has 0 saturated heterocycles. The Bertz CT molecular complexity index is 1280. The molecular weight excluding hydrogens is 391 g/mol. The number of carbonyl (C=O) groups excluding carboxylic acids is 1. The second-order valence-corrected chi connectivity index (χ2v) is 7.43. The number of aryl methyl sites for hydroxylation is 2. The summed E-state index contributed by atoms with van der Waals surface area (Å²) in [5.41, 5.74) is 3.58. The lowest BCUT2D eigenvalue weighted by atomic mass is 10.1. The number of hydrogen-bond acceptors (Lipinski definition) is 4. The number of benzene rings is 2. The maximum atomic E-state index is 13.6. The van der Waals surface area contributed by atoms with Gasteiger partial charge in [0, 0.05) is 28.5 Å². The third-order valence-corrected chi connectivity index (χ3v) is 5.23. The van der Waals surface area contributed by atoms with E-state index in [9.17, 15) is 14.0 Å². The molecule has 2 amide bonds. The van der Waals surface area contributed by atoms with Gasteiger partial charge in [0.2, 0.25) is 0 Å². The van der Waals surface area contributed by atoms with Crippen molar-refractivity contribution in [3.63, 3.8) is 0 Å². The van der Waals surface area contributed by atoms with E-state index >= 15 is 0 Å². The smallest absolute Gasteiger partial charge is 0.308 e. The van der Waals surface area contributed by atoms with E-state index in [0.29, 0.717) is 27.6 Å². The molecule has 2 aromatic carbocycles. The highest BCUT2D eigenvalue weighted by Crippen LogP contribution is 2.25. The standard InChI is InChI=1S/C21H17FN4O2S/c1-12-3-6-16(10-17(12)22)25-20(28)24-15-7-4-14(5-8-15)18-11-29-21-23-13(2)9-19(27)26(18)21/h3-11H,1-2H3,(H2,24,25,28). The Balaban J connectivity index is 1.52. The number of amides is 2. The molecule has 2 heterocycles. The fraction of sp³-hybridized carbons (Fsp3) is 0.0952. The van der Waals surface area contributed by atoms with Crippen LogP contribution in [0, 0.1) is 19.7 Å². The number of nitrogens with zero attached hydrogens (tertiary/aromatic N) is 2. The fourth-order valence-electron chi connectivity index (χ4n) is 2.92. The lowest BCUT2D eigenvalue weighted by Gasteiger charge is -2.09. The molecule has 0 spiro atoms. The summed E-state index contributed by atoms with van der Waals surface area (Å²) in [6.45, 7) is 3.44. The topological polar surface area (TPSA) is 75.5 Å². The summed E-state index contributed by atoms with van der Waals surface area (Å²) in [5, 5.41) is 7.18. The van der Waals surface area contributed by atoms with E-state index in [2.05, 4.69) is 15.6 Å². The van der Waals surface area contributed by atoms with Gasteiger partial charge in [0.25, 0.3) is 5.56 Å². The van der Waals surface area contributed by atoms with Crippen molar-refractivity contribution in [1.29, 1.82) is 0 Å². The molecule has 0 radical (unpaired) electrons. The predicted octanol–water partition coefficient (Wildman–Crippen LogP) is 4.82. The van der Waals surface area contributed by atoms with Crippen molar-refractivity contribution in [2.45, 2.75) is 13.8 Å². The van der Waals surface area contributed by atoms with Crippen molar-refractivity contribution in [3.8, 4) is 11.3 Å². The number of rotatable bonds is 3. The van der Waals surface area contributed by atoms with Crippen molar-refractivity contribution < 1.29 is 9.18 Å². The van der Waals surface area contributed by atoms with Gasteiger partial charge in [-0.25, -0.2) is 14.2 Å². The molecule has 0 aliphatic heterocycles. The second kappa shape index (κ2) is 7.48. The van der Waals surface area contributed by atoms with Crippen LogP contribution in [0.3, 0.4) is 0 Å². The summed E-state index contributed by atoms with van der Waals surface area (Å²) < 4.78 is 15.2. The van der Waals surface area contributed by atoms with E-state index in [-0.39, 0.29) is 11.4 Å². The summed E-state index contributed by atoms with van der Waals surface area (Å²) in [7, 11) is 0. The second-order valence-electron chi connectivity index (χ2n) is 6.60. The number of aromatic nitrogens is 2. The number of hydrogen-bond donors (Lipinski definition) is 2. The van der Waals surface area contributed by atoms with Gasteiger partial charge < -0.3 is 10.6 Å². The van der Waals surface area contributed by atoms with Crippen LogP contribution in [0.25, 0.3) is 16.2 Å². The van der Waals surface area contributed by atoms with Gasteiger partial charge in [-0.3, -0.25) is 9.20 Å². The third kappa shape index (κ3) is 3.88. The normalized spacial score (nSPS) is 10.9. The lowest BCUT2D eigenvalue weighted by molar-refractivity contribution is 0.262. The van der Waals surface area contributed by atoms with E-state index in [1.54, 1.807) is 42.5 Å². The summed E-state index contributed by atoms with van der Waals surface area (Å²) in [4.78, 5) is 29.5. The molecule has 8 heteroatoms. The number of halogens is 1. The lowest BCUT2D eigenvalue weighted by Crippen LogP contribution is -2.19. The van der Waals surface area contributed by atoms with Crippen molar-refractivity contribution >= 4 is 33.7 Å². The average molecular weight is 408 g/mol. The van der Waals surface area contributed by atoms with Gasteiger partial charge in [-0.15, -0.1) is 11.3 Å². The first-order valence-electron chi connectivity index (χ1n) is 8.83. The SMILES string of the molecule is Cc1cc(=O)n2c(-c3ccc(NC(=O)Nc4ccc(C)c(F)c4)cc3)csc2n1. The highest BCUT2D eigenvalue weighted by Gasteiger charge is 2.10. The molecule has 146 valence electrons. The first kappa shape index (κ1) is 18.8. The quantitative estimate of drug-likeness (QED) is 0.510. The van der Waals surface area contributed by atoms with E-state index in [0.717, 1.165) is 11.3 Å². The minimum atomic E-state index is -0.474. The molecule has 4 aromatic rings. The highest BCUT2D eigenvalue weighted by atomic mass is 32.1. The molecule has 29 heavy (non-hydrogen) atoms. The van der Waals surface area contributed by atoms with Crippen LogP contribution in [-0.4, -0.2) is 15.4 Å². The van der Waals surface area contributed by atoms with Crippen molar-refractivity contribution in [2.75, 3.05) is 10.6 Å². The van der Waals surface area contributed by atoms with Gasteiger partial charge in [-0.1, -0.05) is 18.2 Å². The number of anilines is 2. The van der Waals surface area contributed by atoms with Gasteiger partial charge >= 0.3 is 6.03 Å². The third-order valence-electron chi connectivity index (χ3n) is 4.40. The predicted molar refractivity (Wildman–Crippen MR) is 113 cm³/mol. The van der Waals surface area contributed by atoms with Crippen LogP contribution in [0.2, 0.25) is 0 Å². The van der Waals surface area contributed by atoms with Gasteiger partial charge in [-0.2, -0.15) is 0 Å². The molecule has 4 rings (SSSR count). The van der Waals surface area contributed by atoms with E-state index < -0.39 is 6.03 Å². The molecule has 0 unspecified atom stereocenters. The zero-order valence-electron chi connectivity index (χ0n) is 15.7. The number of urea groups is 1. The van der Waals surface area contributed by atoms with Gasteiger partial charge in [0.1, 0.15) is 5.82 Å². The molecule has 2 aromatic heterocycles. The van der Waals surface area contributed by atoms with Crippen LogP contribution >= 0.6 is 11.3 Å². The van der Waals surface area contributed by atoms with E-state index in [1.165, 1.54) is 23.5 Å². The summed E-state index contributed by atoms with van der Waals surface area (Å²) >= 11 is 1.40. The Kier molecular flexibility index (Phi) is 4.85. The summed E-state index contributed by atoms with van der Waals surface area (Å²) in [6, 6.07) is 12.6. The molecule has 0 atom stereocenters. The molecule has 0 bridgehead atoms. The zero-order chi connectivity index (χ0) is 20.5. The molecule has 0 aliphatic rings. The van der Waals surface area contributed by atoms with Crippen LogP contribution in [0.15, 0.2) is 58.7 Å². The Morgan fingerprint density at radius 1 is 1.03 bits per heavy atom. The van der Waals surface area contributed by atoms with Crippen LogP contribution in [0.1, 0.15) is 11.3 Å². The van der Waals surface area contributed by atoms with E-state index in [4.69, 9.17) is 0 Å².